The first-order chi connectivity index (χ1) is 18.9. The van der Waals surface area contributed by atoms with Gasteiger partial charge in [0.2, 0.25) is 5.43 Å². The molecule has 3 heterocycles. The van der Waals surface area contributed by atoms with Crippen molar-refractivity contribution in [1.29, 1.82) is 5.26 Å². The summed E-state index contributed by atoms with van der Waals surface area (Å²) in [4.78, 5) is 31.0. The van der Waals surface area contributed by atoms with Gasteiger partial charge in [0.05, 0.1) is 22.7 Å². The standard InChI is InChI=1S/C32H30N4O4/c1-18-13-23(20(3)35-26-10-8-7-9-22(26)31(38)40-32(4,5)6)30-24(14-18)28(37)25(15-33)29(39-30)21-11-12-27-34-19(2)16-36(27)17-21/h7-14,16-17,20,35H,1-6H3. The van der Waals surface area contributed by atoms with Crippen LogP contribution >= 0.6 is 0 Å². The monoisotopic (exact) mass is 534 g/mol. The van der Waals surface area contributed by atoms with E-state index in [9.17, 15) is 14.9 Å². The molecule has 0 saturated carbocycles. The average molecular weight is 535 g/mol. The summed E-state index contributed by atoms with van der Waals surface area (Å²) in [6, 6.07) is 16.1. The third kappa shape index (κ3) is 5.06. The van der Waals surface area contributed by atoms with E-state index in [1.54, 1.807) is 30.5 Å². The van der Waals surface area contributed by atoms with Crippen LogP contribution in [0.1, 0.15) is 66.5 Å². The van der Waals surface area contributed by atoms with Gasteiger partial charge in [0.25, 0.3) is 0 Å². The molecule has 1 N–H and O–H groups in total. The van der Waals surface area contributed by atoms with Gasteiger partial charge in [-0.1, -0.05) is 18.2 Å². The molecule has 0 radical (unpaired) electrons. The summed E-state index contributed by atoms with van der Waals surface area (Å²) in [5.74, 6) is -0.241. The first kappa shape index (κ1) is 26.7. The summed E-state index contributed by atoms with van der Waals surface area (Å²) in [5.41, 5.74) is 4.02. The molecule has 8 heteroatoms. The average Bonchev–Trinajstić information content (AvgIpc) is 3.27. The number of hydrogen-bond donors (Lipinski definition) is 1. The molecule has 0 aliphatic rings. The van der Waals surface area contributed by atoms with Crippen LogP contribution in [0.5, 0.6) is 0 Å². The van der Waals surface area contributed by atoms with Gasteiger partial charge in [-0.25, -0.2) is 9.78 Å². The molecule has 2 aromatic carbocycles. The zero-order valence-corrected chi connectivity index (χ0v) is 23.3. The predicted molar refractivity (Wildman–Crippen MR) is 155 cm³/mol. The SMILES string of the molecule is Cc1cc(C(C)Nc2ccccc2C(=O)OC(C)(C)C)c2oc(-c3ccc4nc(C)cn4c3)c(C#N)c(=O)c2c1. The van der Waals surface area contributed by atoms with Crippen LogP contribution in [0.3, 0.4) is 0 Å². The number of nitriles is 1. The lowest BCUT2D eigenvalue weighted by molar-refractivity contribution is 0.00706. The Morgan fingerprint density at radius 1 is 1.12 bits per heavy atom. The lowest BCUT2D eigenvalue weighted by Gasteiger charge is -2.23. The van der Waals surface area contributed by atoms with Crippen molar-refractivity contribution in [1.82, 2.24) is 9.38 Å². The maximum absolute atomic E-state index is 13.6. The van der Waals surface area contributed by atoms with E-state index < -0.39 is 17.0 Å². The number of nitrogens with zero attached hydrogens (tertiary/aromatic N) is 3. The molecule has 0 aliphatic carbocycles. The molecule has 0 bridgehead atoms. The number of pyridine rings is 1. The summed E-state index contributed by atoms with van der Waals surface area (Å²) in [6.45, 7) is 11.2. The molecule has 5 aromatic rings. The van der Waals surface area contributed by atoms with Gasteiger partial charge in [-0.3, -0.25) is 4.79 Å². The number of hydrogen-bond acceptors (Lipinski definition) is 7. The van der Waals surface area contributed by atoms with E-state index in [2.05, 4.69) is 16.4 Å². The van der Waals surface area contributed by atoms with Crippen molar-refractivity contribution in [2.24, 2.45) is 0 Å². The highest BCUT2D eigenvalue weighted by Gasteiger charge is 2.24. The molecule has 8 nitrogen and oxygen atoms in total. The molecule has 1 atom stereocenters. The van der Waals surface area contributed by atoms with Gasteiger partial charge in [0, 0.05) is 29.2 Å². The quantitative estimate of drug-likeness (QED) is 0.249. The highest BCUT2D eigenvalue weighted by atomic mass is 16.6. The Kier molecular flexibility index (Phi) is 6.68. The van der Waals surface area contributed by atoms with Gasteiger partial charge >= 0.3 is 5.97 Å². The van der Waals surface area contributed by atoms with Crippen molar-refractivity contribution in [2.75, 3.05) is 5.32 Å². The summed E-state index contributed by atoms with van der Waals surface area (Å²) in [6.07, 6.45) is 3.67. The number of carbonyl (C=O) groups is 1. The molecule has 0 aliphatic heterocycles. The smallest absolute Gasteiger partial charge is 0.340 e. The lowest BCUT2D eigenvalue weighted by atomic mass is 9.98. The molecule has 5 rings (SSSR count). The minimum absolute atomic E-state index is 0.0591. The van der Waals surface area contributed by atoms with Crippen LogP contribution in [-0.4, -0.2) is 21.0 Å². The third-order valence-electron chi connectivity index (χ3n) is 6.49. The van der Waals surface area contributed by atoms with E-state index in [1.807, 2.05) is 76.4 Å². The van der Waals surface area contributed by atoms with Crippen LogP contribution < -0.4 is 10.7 Å². The Bertz CT molecular complexity index is 1890. The van der Waals surface area contributed by atoms with Gasteiger partial charge in [-0.15, -0.1) is 0 Å². The number of imidazole rings is 1. The lowest BCUT2D eigenvalue weighted by Crippen LogP contribution is -2.24. The minimum Gasteiger partial charge on any atom is -0.456 e. The van der Waals surface area contributed by atoms with Gasteiger partial charge in [-0.05, 0) is 77.4 Å². The Balaban J connectivity index is 1.64. The van der Waals surface area contributed by atoms with E-state index in [0.29, 0.717) is 27.8 Å². The molecule has 1 unspecified atom stereocenters. The van der Waals surface area contributed by atoms with E-state index in [0.717, 1.165) is 22.5 Å². The van der Waals surface area contributed by atoms with E-state index in [-0.39, 0.29) is 17.4 Å². The largest absolute Gasteiger partial charge is 0.456 e. The zero-order chi connectivity index (χ0) is 28.8. The van der Waals surface area contributed by atoms with Gasteiger partial charge in [-0.2, -0.15) is 5.26 Å². The summed E-state index contributed by atoms with van der Waals surface area (Å²) in [5, 5.41) is 13.7. The fourth-order valence-corrected chi connectivity index (χ4v) is 4.79. The second kappa shape index (κ2) is 10.0. The Hall–Kier alpha value is -4.90. The van der Waals surface area contributed by atoms with E-state index in [1.165, 1.54) is 0 Å². The molecule has 0 fully saturated rings. The second-order valence-corrected chi connectivity index (χ2v) is 11.0. The van der Waals surface area contributed by atoms with Crippen molar-refractivity contribution >= 4 is 28.3 Å². The van der Waals surface area contributed by atoms with Crippen LogP contribution in [0.25, 0.3) is 27.9 Å². The number of anilines is 1. The van der Waals surface area contributed by atoms with Crippen LogP contribution in [0, 0.1) is 25.2 Å². The van der Waals surface area contributed by atoms with Crippen LogP contribution in [-0.2, 0) is 4.74 Å². The summed E-state index contributed by atoms with van der Waals surface area (Å²) in [7, 11) is 0. The van der Waals surface area contributed by atoms with Crippen LogP contribution in [0.2, 0.25) is 0 Å². The maximum atomic E-state index is 13.6. The van der Waals surface area contributed by atoms with E-state index in [4.69, 9.17) is 9.15 Å². The minimum atomic E-state index is -0.640. The van der Waals surface area contributed by atoms with Crippen LogP contribution in [0.4, 0.5) is 5.69 Å². The van der Waals surface area contributed by atoms with Crippen LogP contribution in [0.15, 0.2) is 70.1 Å². The summed E-state index contributed by atoms with van der Waals surface area (Å²) >= 11 is 0. The highest BCUT2D eigenvalue weighted by molar-refractivity contribution is 5.96. The molecule has 0 saturated heterocycles. The second-order valence-electron chi connectivity index (χ2n) is 11.0. The normalized spacial score (nSPS) is 12.3. The molecule has 202 valence electrons. The summed E-state index contributed by atoms with van der Waals surface area (Å²) < 4.78 is 13.8. The first-order valence-electron chi connectivity index (χ1n) is 13.0. The fraction of sp³-hybridized carbons (Fsp3) is 0.250. The molecule has 3 aromatic heterocycles. The number of esters is 1. The molecule has 0 spiro atoms. The molecule has 40 heavy (non-hydrogen) atoms. The number of carbonyl (C=O) groups excluding carboxylic acids is 1. The van der Waals surface area contributed by atoms with Crippen molar-refractivity contribution in [3.63, 3.8) is 0 Å². The number of fused-ring (bicyclic) bond motifs is 2. The fourth-order valence-electron chi connectivity index (χ4n) is 4.79. The van der Waals surface area contributed by atoms with Crippen molar-refractivity contribution < 1.29 is 13.9 Å². The first-order valence-corrected chi connectivity index (χ1v) is 13.0. The topological polar surface area (TPSA) is 110 Å². The van der Waals surface area contributed by atoms with Crippen molar-refractivity contribution in [3.05, 3.63) is 99.1 Å². The number of para-hydroxylation sites is 1. The Labute approximate surface area is 231 Å². The molecular formula is C32H30N4O4. The number of aromatic nitrogens is 2. The molecule has 0 amide bonds. The molecular weight excluding hydrogens is 504 g/mol. The predicted octanol–water partition coefficient (Wildman–Crippen LogP) is 6.72. The Morgan fingerprint density at radius 3 is 2.60 bits per heavy atom. The van der Waals surface area contributed by atoms with Gasteiger partial charge in [0.1, 0.15) is 28.5 Å². The number of ether oxygens (including phenoxy) is 1. The number of benzene rings is 2. The van der Waals surface area contributed by atoms with Crippen molar-refractivity contribution in [3.8, 4) is 17.4 Å². The number of nitrogens with one attached hydrogen (secondary N) is 1. The van der Waals surface area contributed by atoms with Gasteiger partial charge < -0.3 is 18.9 Å². The van der Waals surface area contributed by atoms with Crippen molar-refractivity contribution in [2.45, 2.75) is 53.2 Å². The Morgan fingerprint density at radius 2 is 1.88 bits per heavy atom. The van der Waals surface area contributed by atoms with E-state index >= 15 is 0 Å². The number of aryl methyl sites for hydroxylation is 2. The maximum Gasteiger partial charge on any atom is 0.340 e. The van der Waals surface area contributed by atoms with Gasteiger partial charge in [0.15, 0.2) is 5.76 Å². The highest BCUT2D eigenvalue weighted by Crippen LogP contribution is 2.33. The zero-order valence-electron chi connectivity index (χ0n) is 23.3. The number of rotatable bonds is 5. The third-order valence-corrected chi connectivity index (χ3v) is 6.49.